The third-order valence-corrected chi connectivity index (χ3v) is 6.85. The van der Waals surface area contributed by atoms with Crippen LogP contribution in [-0.4, -0.2) is 34.2 Å². The zero-order valence-electron chi connectivity index (χ0n) is 19.7. The minimum Gasteiger partial charge on any atom is -0.507 e. The van der Waals surface area contributed by atoms with Crippen LogP contribution in [0.25, 0.3) is 0 Å². The van der Waals surface area contributed by atoms with Gasteiger partial charge in [-0.1, -0.05) is 18.2 Å². The molecule has 8 nitrogen and oxygen atoms in total. The number of phenols is 1. The lowest BCUT2D eigenvalue weighted by atomic mass is 9.70. The lowest BCUT2D eigenvalue weighted by Crippen LogP contribution is -2.38. The Labute approximate surface area is 201 Å². The molecule has 2 aliphatic heterocycles. The Morgan fingerprint density at radius 2 is 1.91 bits per heavy atom. The summed E-state index contributed by atoms with van der Waals surface area (Å²) in [5.41, 5.74) is -0.779. The standard InChI is InChI=1S/C27H24O8/c1-5-33-17-9-7-6-8-14(17)18-10-15(29)21-24(34-18)12(2)23(31)22-25(21)35-19-11-16(30)20(13(3)28)26(32)27(19,22)4/h6-9,11,18,30-31H,5,10H2,1-4H3/t18?,27-/m1/s1. The second kappa shape index (κ2) is 7.73. The maximum atomic E-state index is 13.5. The first-order valence-corrected chi connectivity index (χ1v) is 11.3. The van der Waals surface area contributed by atoms with Gasteiger partial charge in [0.15, 0.2) is 17.3 Å². The van der Waals surface area contributed by atoms with Gasteiger partial charge in [0, 0.05) is 17.2 Å². The van der Waals surface area contributed by atoms with Crippen LogP contribution >= 0.6 is 0 Å². The van der Waals surface area contributed by atoms with Crippen molar-refractivity contribution in [1.82, 2.24) is 0 Å². The number of carbonyl (C=O) groups is 3. The van der Waals surface area contributed by atoms with Gasteiger partial charge in [-0.05, 0) is 33.8 Å². The SMILES string of the molecule is CCOc1ccccc1C1CC(=O)c2c(c(C)c(O)c3c2OC2=CC(O)=C(C(C)=O)C(=O)[C@]23C)O1. The number of hydrogen-bond acceptors (Lipinski definition) is 8. The van der Waals surface area contributed by atoms with E-state index in [-0.39, 0.29) is 57.5 Å². The number of ketones is 3. The number of aliphatic hydroxyl groups is 1. The summed E-state index contributed by atoms with van der Waals surface area (Å²) in [5.74, 6) is -1.60. The van der Waals surface area contributed by atoms with E-state index in [0.717, 1.165) is 0 Å². The predicted octanol–water partition coefficient (Wildman–Crippen LogP) is 4.32. The van der Waals surface area contributed by atoms with Gasteiger partial charge < -0.3 is 24.4 Å². The van der Waals surface area contributed by atoms with E-state index in [1.54, 1.807) is 13.0 Å². The number of allylic oxidation sites excluding steroid dienone is 3. The Balaban J connectivity index is 1.67. The van der Waals surface area contributed by atoms with Gasteiger partial charge in [0.25, 0.3) is 0 Å². The van der Waals surface area contributed by atoms with Crippen molar-refractivity contribution in [2.75, 3.05) is 6.61 Å². The molecule has 2 aromatic carbocycles. The van der Waals surface area contributed by atoms with Crippen LogP contribution in [0, 0.1) is 6.92 Å². The number of para-hydroxylation sites is 1. The Hall–Kier alpha value is -4.07. The van der Waals surface area contributed by atoms with Crippen molar-refractivity contribution in [3.8, 4) is 23.0 Å². The molecule has 0 spiro atoms. The lowest BCUT2D eigenvalue weighted by molar-refractivity contribution is -0.123. The van der Waals surface area contributed by atoms with Crippen LogP contribution < -0.4 is 14.2 Å². The van der Waals surface area contributed by atoms with Gasteiger partial charge in [-0.2, -0.15) is 0 Å². The number of aromatic hydroxyl groups is 1. The van der Waals surface area contributed by atoms with E-state index < -0.39 is 28.8 Å². The van der Waals surface area contributed by atoms with Crippen molar-refractivity contribution in [1.29, 1.82) is 0 Å². The fourth-order valence-corrected chi connectivity index (χ4v) is 5.08. The van der Waals surface area contributed by atoms with Gasteiger partial charge in [0.1, 0.15) is 57.2 Å². The normalized spacial score (nSPS) is 22.5. The topological polar surface area (TPSA) is 119 Å². The molecular formula is C27H24O8. The Kier molecular flexibility index (Phi) is 5.01. The van der Waals surface area contributed by atoms with Crippen LogP contribution in [0.5, 0.6) is 23.0 Å². The molecule has 2 heterocycles. The first kappa shape index (κ1) is 22.7. The van der Waals surface area contributed by atoms with E-state index in [9.17, 15) is 24.6 Å². The van der Waals surface area contributed by atoms with Crippen molar-refractivity contribution in [2.24, 2.45) is 0 Å². The molecular weight excluding hydrogens is 452 g/mol. The Bertz CT molecular complexity index is 1400. The zero-order chi connectivity index (χ0) is 25.2. The second-order valence-electron chi connectivity index (χ2n) is 8.97. The molecule has 1 unspecified atom stereocenters. The van der Waals surface area contributed by atoms with Crippen LogP contribution in [0.3, 0.4) is 0 Å². The van der Waals surface area contributed by atoms with E-state index in [2.05, 4.69) is 0 Å². The third-order valence-electron chi connectivity index (χ3n) is 6.85. The monoisotopic (exact) mass is 476 g/mol. The quantitative estimate of drug-likeness (QED) is 0.626. The average molecular weight is 476 g/mol. The summed E-state index contributed by atoms with van der Waals surface area (Å²) in [5, 5.41) is 21.5. The number of Topliss-reactive ketones (excluding diaryl/α,β-unsaturated/α-hetero) is 3. The summed E-state index contributed by atoms with van der Waals surface area (Å²) in [6.07, 6.45) is 0.529. The molecule has 0 fully saturated rings. The highest BCUT2D eigenvalue weighted by molar-refractivity contribution is 6.26. The first-order chi connectivity index (χ1) is 16.6. The van der Waals surface area contributed by atoms with Gasteiger partial charge in [-0.15, -0.1) is 0 Å². The van der Waals surface area contributed by atoms with Gasteiger partial charge in [-0.3, -0.25) is 14.4 Å². The average Bonchev–Trinajstić information content (AvgIpc) is 3.10. The maximum Gasteiger partial charge on any atom is 0.188 e. The van der Waals surface area contributed by atoms with Gasteiger partial charge in [0.2, 0.25) is 0 Å². The van der Waals surface area contributed by atoms with Crippen molar-refractivity contribution < 1.29 is 38.8 Å². The smallest absolute Gasteiger partial charge is 0.188 e. The molecule has 2 aromatic rings. The van der Waals surface area contributed by atoms with Crippen LogP contribution in [0.15, 0.2) is 47.4 Å². The van der Waals surface area contributed by atoms with Gasteiger partial charge in [-0.25, -0.2) is 0 Å². The maximum absolute atomic E-state index is 13.5. The largest absolute Gasteiger partial charge is 0.507 e. The molecule has 35 heavy (non-hydrogen) atoms. The molecule has 0 amide bonds. The van der Waals surface area contributed by atoms with E-state index in [1.807, 2.05) is 25.1 Å². The van der Waals surface area contributed by atoms with Crippen molar-refractivity contribution in [2.45, 2.75) is 45.6 Å². The molecule has 0 saturated carbocycles. The number of rotatable bonds is 4. The van der Waals surface area contributed by atoms with Crippen LogP contribution in [0.4, 0.5) is 0 Å². The molecule has 2 N–H and O–H groups in total. The van der Waals surface area contributed by atoms with Crippen molar-refractivity contribution in [3.63, 3.8) is 0 Å². The van der Waals surface area contributed by atoms with Crippen LogP contribution in [-0.2, 0) is 15.0 Å². The van der Waals surface area contributed by atoms with Crippen LogP contribution in [0.2, 0.25) is 0 Å². The van der Waals surface area contributed by atoms with Crippen LogP contribution in [0.1, 0.15) is 60.3 Å². The number of fused-ring (bicyclic) bond motifs is 5. The first-order valence-electron chi connectivity index (χ1n) is 11.3. The lowest BCUT2D eigenvalue weighted by Gasteiger charge is -2.30. The number of benzene rings is 2. The highest BCUT2D eigenvalue weighted by Crippen LogP contribution is 2.59. The summed E-state index contributed by atoms with van der Waals surface area (Å²) in [4.78, 5) is 39.0. The summed E-state index contributed by atoms with van der Waals surface area (Å²) >= 11 is 0. The number of carbonyl (C=O) groups excluding carboxylic acids is 3. The molecule has 1 aliphatic carbocycles. The van der Waals surface area contributed by atoms with Crippen molar-refractivity contribution >= 4 is 17.3 Å². The highest BCUT2D eigenvalue weighted by atomic mass is 16.5. The number of hydrogen-bond donors (Lipinski definition) is 2. The van der Waals surface area contributed by atoms with E-state index in [0.29, 0.717) is 17.9 Å². The molecule has 2 atom stereocenters. The van der Waals surface area contributed by atoms with E-state index >= 15 is 0 Å². The third kappa shape index (κ3) is 3.02. The predicted molar refractivity (Wildman–Crippen MR) is 124 cm³/mol. The van der Waals surface area contributed by atoms with Gasteiger partial charge >= 0.3 is 0 Å². The number of phenolic OH excluding ortho intramolecular Hbond substituents is 1. The van der Waals surface area contributed by atoms with Gasteiger partial charge in [0.05, 0.1) is 18.6 Å². The minimum atomic E-state index is -1.58. The molecule has 0 bridgehead atoms. The second-order valence-corrected chi connectivity index (χ2v) is 8.97. The number of ether oxygens (including phenoxy) is 3. The number of aliphatic hydroxyl groups excluding tert-OH is 1. The molecule has 0 aromatic heterocycles. The molecule has 0 saturated heterocycles. The summed E-state index contributed by atoms with van der Waals surface area (Å²) < 4.78 is 17.9. The minimum absolute atomic E-state index is 0.00402. The molecule has 8 heteroatoms. The highest BCUT2D eigenvalue weighted by Gasteiger charge is 2.56. The van der Waals surface area contributed by atoms with E-state index in [4.69, 9.17) is 14.2 Å². The summed E-state index contributed by atoms with van der Waals surface area (Å²) in [6, 6.07) is 7.28. The zero-order valence-corrected chi connectivity index (χ0v) is 19.7. The fraction of sp³-hybridized carbons (Fsp3) is 0.296. The molecule has 5 rings (SSSR count). The molecule has 180 valence electrons. The van der Waals surface area contributed by atoms with E-state index in [1.165, 1.54) is 19.9 Å². The Morgan fingerprint density at radius 1 is 1.20 bits per heavy atom. The molecule has 3 aliphatic rings. The fourth-order valence-electron chi connectivity index (χ4n) is 5.08. The summed E-state index contributed by atoms with van der Waals surface area (Å²) in [6.45, 7) is 6.58. The Morgan fingerprint density at radius 3 is 2.60 bits per heavy atom. The molecule has 0 radical (unpaired) electrons. The summed E-state index contributed by atoms with van der Waals surface area (Å²) in [7, 11) is 0. The van der Waals surface area contributed by atoms with Crippen molar-refractivity contribution in [3.05, 3.63) is 69.7 Å².